The van der Waals surface area contributed by atoms with Gasteiger partial charge in [0.15, 0.2) is 22.3 Å². The van der Waals surface area contributed by atoms with Crippen LogP contribution in [0.25, 0.3) is 10.2 Å². The summed E-state index contributed by atoms with van der Waals surface area (Å²) < 4.78 is 42.3. The Morgan fingerprint density at radius 2 is 1.86 bits per heavy atom. The lowest BCUT2D eigenvalue weighted by Crippen LogP contribution is -2.27. The molecule has 0 aliphatic rings. The minimum absolute atomic E-state index is 0.0457. The fourth-order valence-electron chi connectivity index (χ4n) is 2.67. The molecule has 3 aromatic rings. The Kier molecular flexibility index (Phi) is 5.57. The van der Waals surface area contributed by atoms with E-state index < -0.39 is 35.4 Å². The van der Waals surface area contributed by atoms with Crippen molar-refractivity contribution in [2.45, 2.75) is 19.4 Å². The fraction of sp³-hybridized carbons (Fsp3) is 0.167. The monoisotopic (exact) mass is 428 g/mol. The molecule has 10 heteroatoms. The van der Waals surface area contributed by atoms with Crippen molar-refractivity contribution >= 4 is 45.0 Å². The van der Waals surface area contributed by atoms with Crippen molar-refractivity contribution in [3.63, 3.8) is 0 Å². The minimum Gasteiger partial charge on any atom is -0.480 e. The number of amides is 1. The summed E-state index contributed by atoms with van der Waals surface area (Å²) in [5.41, 5.74) is -0.0343. The first-order chi connectivity index (χ1) is 13.2. The van der Waals surface area contributed by atoms with E-state index in [9.17, 15) is 27.9 Å². The van der Waals surface area contributed by atoms with Crippen LogP contribution in [0.15, 0.2) is 35.3 Å². The van der Waals surface area contributed by atoms with Crippen LogP contribution >= 0.6 is 22.9 Å². The summed E-state index contributed by atoms with van der Waals surface area (Å²) >= 11 is 6.34. The first-order valence-corrected chi connectivity index (χ1v) is 9.20. The van der Waals surface area contributed by atoms with Gasteiger partial charge in [-0.2, -0.15) is 4.99 Å². The number of carboxylic acids is 1. The summed E-state index contributed by atoms with van der Waals surface area (Å²) in [6, 6.07) is 5.22. The van der Waals surface area contributed by atoms with E-state index >= 15 is 0 Å². The second-order valence-corrected chi connectivity index (χ2v) is 7.19. The quantitative estimate of drug-likeness (QED) is 0.620. The third kappa shape index (κ3) is 3.55. The second kappa shape index (κ2) is 7.76. The number of carboxylic acid groups (broad SMARTS) is 1. The summed E-state index contributed by atoms with van der Waals surface area (Å²) in [7, 11) is 0. The van der Waals surface area contributed by atoms with E-state index in [1.165, 1.54) is 24.3 Å². The number of hydrogen-bond acceptors (Lipinski definition) is 3. The van der Waals surface area contributed by atoms with Crippen LogP contribution in [0.3, 0.4) is 0 Å². The number of benzene rings is 2. The van der Waals surface area contributed by atoms with E-state index in [1.54, 1.807) is 6.92 Å². The van der Waals surface area contributed by atoms with Crippen LogP contribution in [0, 0.1) is 17.5 Å². The van der Waals surface area contributed by atoms with Gasteiger partial charge in [0.05, 0.1) is 10.2 Å². The Labute approximate surface area is 165 Å². The number of nitrogens with zero attached hydrogens (tertiary/aromatic N) is 2. The predicted octanol–water partition coefficient (Wildman–Crippen LogP) is 4.55. The normalized spacial score (nSPS) is 13.1. The summed E-state index contributed by atoms with van der Waals surface area (Å²) in [5, 5.41) is 9.89. The number of carbonyl (C=O) groups is 2. The van der Waals surface area contributed by atoms with E-state index in [1.807, 2.05) is 0 Å². The molecule has 1 heterocycles. The molecule has 0 saturated carbocycles. The zero-order valence-corrected chi connectivity index (χ0v) is 15.8. The van der Waals surface area contributed by atoms with E-state index in [-0.39, 0.29) is 27.0 Å². The lowest BCUT2D eigenvalue weighted by molar-refractivity contribution is -0.140. The van der Waals surface area contributed by atoms with Gasteiger partial charge in [0.2, 0.25) is 0 Å². The first kappa shape index (κ1) is 20.1. The van der Waals surface area contributed by atoms with Crippen LogP contribution in [0.4, 0.5) is 13.2 Å². The maximum absolute atomic E-state index is 14.2. The maximum atomic E-state index is 14.2. The number of fused-ring (bicyclic) bond motifs is 1. The summed E-state index contributed by atoms with van der Waals surface area (Å²) in [5.74, 6) is -6.63. The second-order valence-electron chi connectivity index (χ2n) is 5.78. The van der Waals surface area contributed by atoms with E-state index in [4.69, 9.17) is 11.6 Å². The van der Waals surface area contributed by atoms with Crippen molar-refractivity contribution in [3.8, 4) is 0 Å². The van der Waals surface area contributed by atoms with Gasteiger partial charge in [-0.15, -0.1) is 0 Å². The van der Waals surface area contributed by atoms with Crippen LogP contribution in [-0.4, -0.2) is 21.6 Å². The predicted molar refractivity (Wildman–Crippen MR) is 98.0 cm³/mol. The molecule has 1 aromatic heterocycles. The zero-order chi connectivity index (χ0) is 20.6. The average molecular weight is 429 g/mol. The number of carbonyl (C=O) groups excluding carboxylic acids is 1. The molecule has 1 amide bonds. The largest absolute Gasteiger partial charge is 0.480 e. The number of aliphatic carboxylic acids is 1. The van der Waals surface area contributed by atoms with Crippen molar-refractivity contribution in [3.05, 3.63) is 63.2 Å². The highest BCUT2D eigenvalue weighted by Gasteiger charge is 2.26. The number of rotatable bonds is 4. The number of hydrogen-bond donors (Lipinski definition) is 1. The average Bonchev–Trinajstić information content (AvgIpc) is 2.99. The van der Waals surface area contributed by atoms with Gasteiger partial charge >= 0.3 is 5.97 Å². The standard InChI is InChI=1S/C18H12ClF3N2O3S/c1-2-11(17(26)27)24-12-7-10(20)13(21)14(22)15(12)28-18(24)23-16(25)8-3-5-9(19)6-4-8/h3-7,11H,2H2,1H3,(H,26,27)/b23-18-. The third-order valence-electron chi connectivity index (χ3n) is 4.03. The molecular formula is C18H12ClF3N2O3S. The molecule has 1 N–H and O–H groups in total. The Hall–Kier alpha value is -2.65. The van der Waals surface area contributed by atoms with Crippen molar-refractivity contribution in [1.29, 1.82) is 0 Å². The number of aromatic nitrogens is 1. The van der Waals surface area contributed by atoms with Crippen LogP contribution in [0.5, 0.6) is 0 Å². The van der Waals surface area contributed by atoms with Gasteiger partial charge in [-0.3, -0.25) is 4.79 Å². The Morgan fingerprint density at radius 1 is 1.21 bits per heavy atom. The molecule has 28 heavy (non-hydrogen) atoms. The maximum Gasteiger partial charge on any atom is 0.326 e. The minimum atomic E-state index is -1.68. The molecule has 2 aromatic carbocycles. The number of halogens is 4. The van der Waals surface area contributed by atoms with Crippen LogP contribution < -0.4 is 4.80 Å². The lowest BCUT2D eigenvalue weighted by Gasteiger charge is -2.13. The van der Waals surface area contributed by atoms with E-state index in [0.717, 1.165) is 4.57 Å². The van der Waals surface area contributed by atoms with Gasteiger partial charge in [-0.05, 0) is 30.7 Å². The van der Waals surface area contributed by atoms with Gasteiger partial charge in [0.25, 0.3) is 5.91 Å². The van der Waals surface area contributed by atoms with Crippen LogP contribution in [-0.2, 0) is 4.79 Å². The van der Waals surface area contributed by atoms with Crippen molar-refractivity contribution < 1.29 is 27.9 Å². The Morgan fingerprint density at radius 3 is 2.43 bits per heavy atom. The zero-order valence-electron chi connectivity index (χ0n) is 14.2. The Bertz CT molecular complexity index is 1160. The summed E-state index contributed by atoms with van der Waals surface area (Å²) in [6.07, 6.45) is 0.0457. The topological polar surface area (TPSA) is 71.7 Å². The molecule has 0 fully saturated rings. The molecule has 1 unspecified atom stereocenters. The molecule has 0 spiro atoms. The SMILES string of the molecule is CCC(C(=O)O)n1/c(=N/C(=O)c2ccc(Cl)cc2)sc2c(F)c(F)c(F)cc21. The molecule has 0 aliphatic carbocycles. The Balaban J connectivity index is 2.31. The molecule has 0 radical (unpaired) electrons. The first-order valence-electron chi connectivity index (χ1n) is 8.00. The van der Waals surface area contributed by atoms with E-state index in [0.29, 0.717) is 22.4 Å². The number of thiazole rings is 1. The molecule has 1 atom stereocenters. The summed E-state index contributed by atoms with van der Waals surface area (Å²) in [4.78, 5) is 27.8. The molecule has 3 rings (SSSR count). The highest BCUT2D eigenvalue weighted by molar-refractivity contribution is 7.16. The van der Waals surface area contributed by atoms with Gasteiger partial charge < -0.3 is 9.67 Å². The van der Waals surface area contributed by atoms with Crippen molar-refractivity contribution in [2.75, 3.05) is 0 Å². The fourth-order valence-corrected chi connectivity index (χ4v) is 3.88. The highest BCUT2D eigenvalue weighted by atomic mass is 35.5. The van der Waals surface area contributed by atoms with Crippen molar-refractivity contribution in [2.24, 2.45) is 4.99 Å². The van der Waals surface area contributed by atoms with Gasteiger partial charge in [0.1, 0.15) is 6.04 Å². The van der Waals surface area contributed by atoms with Gasteiger partial charge in [-0.25, -0.2) is 18.0 Å². The van der Waals surface area contributed by atoms with Crippen LogP contribution in [0.2, 0.25) is 5.02 Å². The molecular weight excluding hydrogens is 417 g/mol. The van der Waals surface area contributed by atoms with Gasteiger partial charge in [0, 0.05) is 16.7 Å². The highest BCUT2D eigenvalue weighted by Crippen LogP contribution is 2.28. The molecule has 5 nitrogen and oxygen atoms in total. The summed E-state index contributed by atoms with van der Waals surface area (Å²) in [6.45, 7) is 1.55. The molecule has 146 valence electrons. The van der Waals surface area contributed by atoms with Gasteiger partial charge in [-0.1, -0.05) is 29.9 Å². The van der Waals surface area contributed by atoms with Crippen molar-refractivity contribution in [1.82, 2.24) is 4.57 Å². The van der Waals surface area contributed by atoms with E-state index in [2.05, 4.69) is 4.99 Å². The molecule has 0 bridgehead atoms. The molecule has 0 aliphatic heterocycles. The van der Waals surface area contributed by atoms with Crippen LogP contribution in [0.1, 0.15) is 29.7 Å². The third-order valence-corrected chi connectivity index (χ3v) is 5.34. The smallest absolute Gasteiger partial charge is 0.326 e. The molecule has 0 saturated heterocycles. The lowest BCUT2D eigenvalue weighted by atomic mass is 10.2.